The van der Waals surface area contributed by atoms with Crippen molar-refractivity contribution in [1.82, 2.24) is 0 Å². The molecule has 0 heterocycles. The summed E-state index contributed by atoms with van der Waals surface area (Å²) >= 11 is 18.0. The molecule has 0 atom stereocenters. The minimum Gasteiger partial charge on any atom is -0.455 e. The molecule has 0 aliphatic carbocycles. The first-order chi connectivity index (χ1) is 12.0. The maximum Gasteiger partial charge on any atom is 0.257 e. The first kappa shape index (κ1) is 17.6. The molecule has 0 saturated heterocycles. The van der Waals surface area contributed by atoms with Gasteiger partial charge in [0.1, 0.15) is 5.75 Å². The molecule has 0 aromatic heterocycles. The molecule has 0 bridgehead atoms. The topological polar surface area (TPSA) is 38.3 Å². The lowest BCUT2D eigenvalue weighted by Gasteiger charge is -2.13. The highest BCUT2D eigenvalue weighted by Crippen LogP contribution is 2.33. The fourth-order valence-corrected chi connectivity index (χ4v) is 2.83. The summed E-state index contributed by atoms with van der Waals surface area (Å²) in [5.74, 6) is 0.723. The van der Waals surface area contributed by atoms with Crippen molar-refractivity contribution in [2.45, 2.75) is 0 Å². The van der Waals surface area contributed by atoms with Crippen molar-refractivity contribution in [2.24, 2.45) is 0 Å². The zero-order valence-corrected chi connectivity index (χ0v) is 15.1. The van der Waals surface area contributed by atoms with Gasteiger partial charge in [-0.1, -0.05) is 53.0 Å². The van der Waals surface area contributed by atoms with Crippen LogP contribution in [0, 0.1) is 0 Å². The molecule has 126 valence electrons. The Morgan fingerprint density at radius 3 is 2.24 bits per heavy atom. The molecule has 0 aliphatic heterocycles. The highest BCUT2D eigenvalue weighted by molar-refractivity contribution is 6.37. The second kappa shape index (κ2) is 7.79. The van der Waals surface area contributed by atoms with Crippen LogP contribution in [0.25, 0.3) is 0 Å². The van der Waals surface area contributed by atoms with Gasteiger partial charge >= 0.3 is 0 Å². The van der Waals surface area contributed by atoms with E-state index in [9.17, 15) is 4.79 Å². The number of carbonyl (C=O) groups excluding carboxylic acids is 1. The number of carbonyl (C=O) groups is 1. The number of amides is 1. The number of para-hydroxylation sites is 1. The third kappa shape index (κ3) is 4.45. The lowest BCUT2D eigenvalue weighted by Crippen LogP contribution is -2.13. The SMILES string of the molecule is O=C(Nc1cc(Cl)ccc1Oc1ccccc1)c1ccc(Cl)cc1Cl. The maximum atomic E-state index is 12.5. The molecule has 0 spiro atoms. The van der Waals surface area contributed by atoms with Crippen LogP contribution in [0.2, 0.25) is 15.1 Å². The normalized spacial score (nSPS) is 10.4. The smallest absolute Gasteiger partial charge is 0.257 e. The number of halogens is 3. The van der Waals surface area contributed by atoms with E-state index in [0.717, 1.165) is 0 Å². The predicted molar refractivity (Wildman–Crippen MR) is 102 cm³/mol. The number of hydrogen-bond acceptors (Lipinski definition) is 2. The standard InChI is InChI=1S/C19H12Cl3NO2/c20-12-6-8-15(16(22)10-12)19(24)23-17-11-13(21)7-9-18(17)25-14-4-2-1-3-5-14/h1-11H,(H,23,24). The van der Waals surface area contributed by atoms with Crippen LogP contribution in [0.3, 0.4) is 0 Å². The number of anilines is 1. The lowest BCUT2D eigenvalue weighted by molar-refractivity contribution is 0.102. The summed E-state index contributed by atoms with van der Waals surface area (Å²) in [6, 6.07) is 18.9. The van der Waals surface area contributed by atoms with Crippen LogP contribution in [0.15, 0.2) is 66.7 Å². The monoisotopic (exact) mass is 391 g/mol. The van der Waals surface area contributed by atoms with Crippen LogP contribution in [0.4, 0.5) is 5.69 Å². The summed E-state index contributed by atoms with van der Waals surface area (Å²) < 4.78 is 5.82. The van der Waals surface area contributed by atoms with Gasteiger partial charge in [0.15, 0.2) is 5.75 Å². The van der Waals surface area contributed by atoms with E-state index in [1.54, 1.807) is 30.3 Å². The van der Waals surface area contributed by atoms with Crippen LogP contribution in [0.1, 0.15) is 10.4 Å². The van der Waals surface area contributed by atoms with Crippen LogP contribution >= 0.6 is 34.8 Å². The van der Waals surface area contributed by atoms with Crippen molar-refractivity contribution in [3.63, 3.8) is 0 Å². The number of rotatable bonds is 4. The average Bonchev–Trinajstić information content (AvgIpc) is 2.58. The third-order valence-electron chi connectivity index (χ3n) is 3.34. The minimum atomic E-state index is -0.387. The van der Waals surface area contributed by atoms with Gasteiger partial charge in [-0.05, 0) is 48.5 Å². The predicted octanol–water partition coefficient (Wildman–Crippen LogP) is 6.69. The van der Waals surface area contributed by atoms with E-state index < -0.39 is 0 Å². The van der Waals surface area contributed by atoms with Crippen LogP contribution in [-0.2, 0) is 0 Å². The van der Waals surface area contributed by atoms with Gasteiger partial charge in [0, 0.05) is 10.0 Å². The fourth-order valence-electron chi connectivity index (χ4n) is 2.17. The molecule has 25 heavy (non-hydrogen) atoms. The van der Waals surface area contributed by atoms with E-state index in [1.165, 1.54) is 6.07 Å². The highest BCUT2D eigenvalue weighted by atomic mass is 35.5. The quantitative estimate of drug-likeness (QED) is 0.537. The Labute approximate surface area is 160 Å². The molecular formula is C19H12Cl3NO2. The van der Waals surface area contributed by atoms with E-state index in [-0.39, 0.29) is 10.9 Å². The van der Waals surface area contributed by atoms with Crippen molar-refractivity contribution in [3.05, 3.63) is 87.4 Å². The highest BCUT2D eigenvalue weighted by Gasteiger charge is 2.14. The van der Waals surface area contributed by atoms with Gasteiger partial charge in [-0.15, -0.1) is 0 Å². The van der Waals surface area contributed by atoms with Gasteiger partial charge in [0.25, 0.3) is 5.91 Å². The van der Waals surface area contributed by atoms with Gasteiger partial charge in [-0.2, -0.15) is 0 Å². The van der Waals surface area contributed by atoms with E-state index >= 15 is 0 Å². The summed E-state index contributed by atoms with van der Waals surface area (Å²) in [4.78, 5) is 12.5. The average molecular weight is 393 g/mol. The van der Waals surface area contributed by atoms with Crippen LogP contribution < -0.4 is 10.1 Å². The Balaban J connectivity index is 1.88. The first-order valence-corrected chi connectivity index (χ1v) is 8.45. The molecule has 0 aliphatic rings. The number of ether oxygens (including phenoxy) is 1. The Bertz CT molecular complexity index is 914. The molecule has 1 N–H and O–H groups in total. The number of hydrogen-bond donors (Lipinski definition) is 1. The second-order valence-corrected chi connectivity index (χ2v) is 6.41. The Hall–Kier alpha value is -2.20. The molecular weight excluding hydrogens is 381 g/mol. The zero-order chi connectivity index (χ0) is 17.8. The maximum absolute atomic E-state index is 12.5. The van der Waals surface area contributed by atoms with E-state index in [2.05, 4.69) is 5.32 Å². The van der Waals surface area contributed by atoms with Gasteiger partial charge in [0.2, 0.25) is 0 Å². The molecule has 0 fully saturated rings. The van der Waals surface area contributed by atoms with Crippen molar-refractivity contribution < 1.29 is 9.53 Å². The lowest BCUT2D eigenvalue weighted by atomic mass is 10.2. The summed E-state index contributed by atoms with van der Waals surface area (Å²) in [6.07, 6.45) is 0. The minimum absolute atomic E-state index is 0.262. The van der Waals surface area contributed by atoms with Crippen LogP contribution in [-0.4, -0.2) is 5.91 Å². The largest absolute Gasteiger partial charge is 0.455 e. The van der Waals surface area contributed by atoms with Crippen molar-refractivity contribution in [2.75, 3.05) is 5.32 Å². The molecule has 3 nitrogen and oxygen atoms in total. The van der Waals surface area contributed by atoms with Crippen molar-refractivity contribution in [1.29, 1.82) is 0 Å². The molecule has 0 radical (unpaired) electrons. The summed E-state index contributed by atoms with van der Waals surface area (Å²) in [5, 5.41) is 3.96. The molecule has 0 unspecified atom stereocenters. The van der Waals surface area contributed by atoms with Gasteiger partial charge < -0.3 is 10.1 Å². The van der Waals surface area contributed by atoms with E-state index in [4.69, 9.17) is 39.5 Å². The Kier molecular flexibility index (Phi) is 5.49. The molecule has 3 rings (SSSR count). The Morgan fingerprint density at radius 2 is 1.52 bits per heavy atom. The molecule has 1 amide bonds. The number of benzene rings is 3. The third-order valence-corrected chi connectivity index (χ3v) is 4.12. The fraction of sp³-hybridized carbons (Fsp3) is 0. The summed E-state index contributed by atoms with van der Waals surface area (Å²) in [5.41, 5.74) is 0.740. The van der Waals surface area contributed by atoms with E-state index in [1.807, 2.05) is 30.3 Å². The van der Waals surface area contributed by atoms with Gasteiger partial charge in [0.05, 0.1) is 16.3 Å². The first-order valence-electron chi connectivity index (χ1n) is 7.32. The molecule has 0 saturated carbocycles. The zero-order valence-electron chi connectivity index (χ0n) is 12.8. The van der Waals surface area contributed by atoms with Crippen molar-refractivity contribution >= 4 is 46.4 Å². The summed E-state index contributed by atoms with van der Waals surface area (Å²) in [7, 11) is 0. The van der Waals surface area contributed by atoms with Gasteiger partial charge in [-0.25, -0.2) is 0 Å². The van der Waals surface area contributed by atoms with E-state index in [0.29, 0.717) is 32.8 Å². The summed E-state index contributed by atoms with van der Waals surface area (Å²) in [6.45, 7) is 0. The van der Waals surface area contributed by atoms with Crippen molar-refractivity contribution in [3.8, 4) is 11.5 Å². The van der Waals surface area contributed by atoms with Gasteiger partial charge in [-0.3, -0.25) is 4.79 Å². The molecule has 3 aromatic rings. The second-order valence-electron chi connectivity index (χ2n) is 5.13. The molecule has 3 aromatic carbocycles. The Morgan fingerprint density at radius 1 is 0.840 bits per heavy atom. The molecule has 6 heteroatoms. The van der Waals surface area contributed by atoms with Crippen LogP contribution in [0.5, 0.6) is 11.5 Å². The number of nitrogens with one attached hydrogen (secondary N) is 1.